The monoisotopic (exact) mass is 328 g/mol. The van der Waals surface area contributed by atoms with Crippen LogP contribution in [0.5, 0.6) is 5.75 Å². The van der Waals surface area contributed by atoms with E-state index in [4.69, 9.17) is 9.84 Å². The van der Waals surface area contributed by atoms with Gasteiger partial charge in [-0.3, -0.25) is 0 Å². The van der Waals surface area contributed by atoms with Crippen LogP contribution in [0.1, 0.15) is 31.2 Å². The molecule has 0 atom stereocenters. The maximum absolute atomic E-state index is 14.4. The first-order valence-corrected chi connectivity index (χ1v) is 7.00. The molecule has 2 rings (SSSR count). The molecule has 23 heavy (non-hydrogen) atoms. The van der Waals surface area contributed by atoms with Crippen molar-refractivity contribution in [2.75, 3.05) is 0 Å². The van der Waals surface area contributed by atoms with Gasteiger partial charge in [-0.1, -0.05) is 12.1 Å². The summed E-state index contributed by atoms with van der Waals surface area (Å²) in [5.74, 6) is -5.15. The Labute approximate surface area is 130 Å². The van der Waals surface area contributed by atoms with Gasteiger partial charge in [-0.05, 0) is 36.6 Å². The highest BCUT2D eigenvalue weighted by Gasteiger charge is 2.49. The molecule has 0 spiro atoms. The molecular weight excluding hydrogens is 313 g/mol. The molecule has 0 heterocycles. The van der Waals surface area contributed by atoms with E-state index in [0.29, 0.717) is 5.56 Å². The molecule has 0 bridgehead atoms. The fourth-order valence-corrected chi connectivity index (χ4v) is 2.23. The summed E-state index contributed by atoms with van der Waals surface area (Å²) in [6, 6.07) is 5.73. The summed E-state index contributed by atoms with van der Waals surface area (Å²) in [5, 5.41) is 8.51. The first-order chi connectivity index (χ1) is 10.7. The lowest BCUT2D eigenvalue weighted by molar-refractivity contribution is -0.156. The molecule has 0 amide bonds. The highest BCUT2D eigenvalue weighted by molar-refractivity contribution is 5.85. The second kappa shape index (κ2) is 6.44. The van der Waals surface area contributed by atoms with Gasteiger partial charge in [0.05, 0.1) is 0 Å². The molecule has 1 fully saturated rings. The molecule has 0 radical (unpaired) electrons. The van der Waals surface area contributed by atoms with Gasteiger partial charge >= 0.3 is 11.9 Å². The number of halogens is 3. The van der Waals surface area contributed by atoms with Crippen molar-refractivity contribution in [2.45, 2.75) is 37.3 Å². The van der Waals surface area contributed by atoms with E-state index in [1.807, 2.05) is 0 Å². The Morgan fingerprint density at radius 1 is 1.04 bits per heavy atom. The maximum Gasteiger partial charge on any atom is 0.349 e. The standard InChI is InChI=1S/C16H15F3O4/c17-15(7-9-16(18,19)10-8-15)14(22)23-12-4-1-11(2-5-12)3-6-13(20)21/h1-6H,7-10H2,(H,20,21)/b6-3+. The number of alkyl halides is 3. The van der Waals surface area contributed by atoms with Crippen LogP contribution in [0.4, 0.5) is 13.2 Å². The molecule has 0 saturated heterocycles. The van der Waals surface area contributed by atoms with Gasteiger partial charge in [-0.15, -0.1) is 0 Å². The van der Waals surface area contributed by atoms with Crippen LogP contribution in [-0.2, 0) is 9.59 Å². The van der Waals surface area contributed by atoms with Crippen molar-refractivity contribution in [3.8, 4) is 5.75 Å². The Balaban J connectivity index is 1.99. The van der Waals surface area contributed by atoms with Crippen LogP contribution >= 0.6 is 0 Å². The van der Waals surface area contributed by atoms with Gasteiger partial charge in [0.15, 0.2) is 0 Å². The Morgan fingerprint density at radius 3 is 2.13 bits per heavy atom. The predicted molar refractivity (Wildman–Crippen MR) is 76.0 cm³/mol. The lowest BCUT2D eigenvalue weighted by Crippen LogP contribution is -2.43. The van der Waals surface area contributed by atoms with Crippen molar-refractivity contribution in [3.05, 3.63) is 35.9 Å². The summed E-state index contributed by atoms with van der Waals surface area (Å²) in [5.41, 5.74) is -1.84. The van der Waals surface area contributed by atoms with Crippen LogP contribution in [-0.4, -0.2) is 28.6 Å². The Morgan fingerprint density at radius 2 is 1.61 bits per heavy atom. The van der Waals surface area contributed by atoms with E-state index in [9.17, 15) is 22.8 Å². The number of carbonyl (C=O) groups excluding carboxylic acids is 1. The summed E-state index contributed by atoms with van der Waals surface area (Å²) in [6.45, 7) is 0. The van der Waals surface area contributed by atoms with Crippen molar-refractivity contribution in [2.24, 2.45) is 0 Å². The third-order valence-corrected chi connectivity index (χ3v) is 3.65. The first kappa shape index (κ1) is 17.1. The molecule has 1 aromatic rings. The van der Waals surface area contributed by atoms with Gasteiger partial charge in [0.2, 0.25) is 11.6 Å². The Bertz CT molecular complexity index is 613. The third-order valence-electron chi connectivity index (χ3n) is 3.65. The van der Waals surface area contributed by atoms with Crippen LogP contribution < -0.4 is 4.74 Å². The van der Waals surface area contributed by atoms with Crippen LogP contribution in [0.25, 0.3) is 6.08 Å². The van der Waals surface area contributed by atoms with Crippen LogP contribution in [0.2, 0.25) is 0 Å². The molecule has 1 saturated carbocycles. The van der Waals surface area contributed by atoms with E-state index < -0.39 is 49.2 Å². The molecule has 1 aliphatic carbocycles. The van der Waals surface area contributed by atoms with E-state index >= 15 is 0 Å². The molecule has 0 aromatic heterocycles. The second-order valence-corrected chi connectivity index (χ2v) is 5.45. The molecule has 124 valence electrons. The van der Waals surface area contributed by atoms with Gasteiger partial charge in [0.25, 0.3) is 0 Å². The number of aliphatic carboxylic acids is 1. The smallest absolute Gasteiger partial charge is 0.349 e. The first-order valence-electron chi connectivity index (χ1n) is 7.00. The summed E-state index contributed by atoms with van der Waals surface area (Å²) < 4.78 is 45.4. The number of carboxylic acid groups (broad SMARTS) is 1. The molecule has 4 nitrogen and oxygen atoms in total. The number of esters is 1. The third kappa shape index (κ3) is 4.58. The van der Waals surface area contributed by atoms with Crippen molar-refractivity contribution in [1.82, 2.24) is 0 Å². The second-order valence-electron chi connectivity index (χ2n) is 5.45. The lowest BCUT2D eigenvalue weighted by Gasteiger charge is -2.31. The minimum absolute atomic E-state index is 0.0665. The summed E-state index contributed by atoms with van der Waals surface area (Å²) >= 11 is 0. The number of rotatable bonds is 4. The fourth-order valence-electron chi connectivity index (χ4n) is 2.23. The number of hydrogen-bond acceptors (Lipinski definition) is 3. The van der Waals surface area contributed by atoms with Crippen LogP contribution in [0, 0.1) is 0 Å². The number of carbonyl (C=O) groups is 2. The molecule has 1 aromatic carbocycles. The van der Waals surface area contributed by atoms with Gasteiger partial charge in [0, 0.05) is 18.9 Å². The zero-order valence-electron chi connectivity index (χ0n) is 12.1. The topological polar surface area (TPSA) is 63.6 Å². The lowest BCUT2D eigenvalue weighted by atomic mass is 9.84. The normalized spacial score (nSPS) is 19.4. The number of benzene rings is 1. The highest BCUT2D eigenvalue weighted by atomic mass is 19.3. The average molecular weight is 328 g/mol. The van der Waals surface area contributed by atoms with Crippen LogP contribution in [0.3, 0.4) is 0 Å². The Hall–Kier alpha value is -2.31. The summed E-state index contributed by atoms with van der Waals surface area (Å²) in [7, 11) is 0. The zero-order chi connectivity index (χ0) is 17.1. The number of hydrogen-bond donors (Lipinski definition) is 1. The SMILES string of the molecule is O=C(O)/C=C/c1ccc(OC(=O)C2(F)CCC(F)(F)CC2)cc1. The highest BCUT2D eigenvalue weighted by Crippen LogP contribution is 2.41. The maximum atomic E-state index is 14.4. The largest absolute Gasteiger partial charge is 0.478 e. The quantitative estimate of drug-likeness (QED) is 0.521. The van der Waals surface area contributed by atoms with Crippen molar-refractivity contribution in [3.63, 3.8) is 0 Å². The zero-order valence-corrected chi connectivity index (χ0v) is 12.1. The van der Waals surface area contributed by atoms with E-state index in [2.05, 4.69) is 0 Å². The Kier molecular flexibility index (Phi) is 4.77. The number of ether oxygens (including phenoxy) is 1. The van der Waals surface area contributed by atoms with Crippen LogP contribution in [0.15, 0.2) is 30.3 Å². The summed E-state index contributed by atoms with van der Waals surface area (Å²) in [6.07, 6.45) is -0.223. The average Bonchev–Trinajstić information content (AvgIpc) is 2.50. The molecular formula is C16H15F3O4. The molecule has 7 heteroatoms. The fraction of sp³-hybridized carbons (Fsp3) is 0.375. The predicted octanol–water partition coefficient (Wildman–Crippen LogP) is 3.61. The minimum atomic E-state index is -2.94. The van der Waals surface area contributed by atoms with Gasteiger partial charge in [-0.25, -0.2) is 22.8 Å². The van der Waals surface area contributed by atoms with Crippen molar-refractivity contribution >= 4 is 18.0 Å². The minimum Gasteiger partial charge on any atom is -0.478 e. The molecule has 0 unspecified atom stereocenters. The van der Waals surface area contributed by atoms with Gasteiger partial charge in [-0.2, -0.15) is 0 Å². The van der Waals surface area contributed by atoms with Crippen molar-refractivity contribution in [1.29, 1.82) is 0 Å². The van der Waals surface area contributed by atoms with Crippen molar-refractivity contribution < 1.29 is 32.6 Å². The summed E-state index contributed by atoms with van der Waals surface area (Å²) in [4.78, 5) is 22.3. The number of carboxylic acids is 1. The molecule has 0 aliphatic heterocycles. The molecule has 1 N–H and O–H groups in total. The van der Waals surface area contributed by atoms with E-state index in [1.54, 1.807) is 0 Å². The van der Waals surface area contributed by atoms with E-state index in [1.165, 1.54) is 30.3 Å². The van der Waals surface area contributed by atoms with Gasteiger partial charge < -0.3 is 9.84 Å². The van der Waals surface area contributed by atoms with E-state index in [-0.39, 0.29) is 5.75 Å². The molecule has 1 aliphatic rings. The van der Waals surface area contributed by atoms with E-state index in [0.717, 1.165) is 6.08 Å². The van der Waals surface area contributed by atoms with Gasteiger partial charge in [0.1, 0.15) is 5.75 Å².